The van der Waals surface area contributed by atoms with Crippen LogP contribution in [0.5, 0.6) is 0 Å². The van der Waals surface area contributed by atoms with Crippen molar-refractivity contribution >= 4 is 21.6 Å². The zero-order valence-corrected chi connectivity index (χ0v) is 14.2. The number of nitrogens with one attached hydrogen (secondary N) is 1. The molecule has 21 heavy (non-hydrogen) atoms. The number of hydrogen-bond acceptors (Lipinski definition) is 1. The highest BCUT2D eigenvalue weighted by Gasteiger charge is 2.23. The van der Waals surface area contributed by atoms with Crippen LogP contribution in [0.4, 0.5) is 10.1 Å². The fourth-order valence-corrected chi connectivity index (χ4v) is 3.06. The third kappa shape index (κ3) is 4.31. The van der Waals surface area contributed by atoms with Crippen LogP contribution in [0.15, 0.2) is 53.0 Å². The normalized spacial score (nSPS) is 13.0. The summed E-state index contributed by atoms with van der Waals surface area (Å²) in [6, 6.07) is 15.4. The highest BCUT2D eigenvalue weighted by molar-refractivity contribution is 9.10. The summed E-state index contributed by atoms with van der Waals surface area (Å²) in [4.78, 5) is 0. The summed E-state index contributed by atoms with van der Waals surface area (Å²) in [5.74, 6) is -0.227. The van der Waals surface area contributed by atoms with Crippen LogP contribution >= 0.6 is 15.9 Å². The summed E-state index contributed by atoms with van der Waals surface area (Å²) in [5.41, 5.74) is 2.18. The maximum Gasteiger partial charge on any atom is 0.125 e. The van der Waals surface area contributed by atoms with Gasteiger partial charge in [-0.2, -0.15) is 0 Å². The molecule has 0 heterocycles. The Hall–Kier alpha value is -1.35. The molecular formula is C18H21BrFN. The molecule has 2 aromatic carbocycles. The van der Waals surface area contributed by atoms with E-state index in [1.165, 1.54) is 17.7 Å². The molecule has 0 aliphatic rings. The van der Waals surface area contributed by atoms with Gasteiger partial charge in [-0.05, 0) is 58.5 Å². The third-order valence-corrected chi connectivity index (χ3v) is 4.39. The number of halogens is 2. The first-order valence-electron chi connectivity index (χ1n) is 7.15. The molecule has 0 bridgehead atoms. The summed E-state index contributed by atoms with van der Waals surface area (Å²) in [5, 5.41) is 3.39. The molecule has 2 rings (SSSR count). The monoisotopic (exact) mass is 349 g/mol. The minimum atomic E-state index is -0.227. The third-order valence-electron chi connectivity index (χ3n) is 3.70. The fourth-order valence-electron chi connectivity index (χ4n) is 2.70. The molecule has 0 aliphatic carbocycles. The second kappa shape index (κ2) is 6.61. The largest absolute Gasteiger partial charge is 0.382 e. The second-order valence-electron chi connectivity index (χ2n) is 6.12. The topological polar surface area (TPSA) is 12.0 Å². The van der Waals surface area contributed by atoms with Crippen LogP contribution < -0.4 is 5.32 Å². The van der Waals surface area contributed by atoms with E-state index >= 15 is 0 Å². The summed E-state index contributed by atoms with van der Waals surface area (Å²) >= 11 is 3.45. The summed E-state index contributed by atoms with van der Waals surface area (Å²) < 4.78 is 14.2. The lowest BCUT2D eigenvalue weighted by Crippen LogP contribution is -2.28. The molecule has 1 nitrogen and oxygen atoms in total. The molecule has 1 N–H and O–H groups in total. The van der Waals surface area contributed by atoms with Crippen LogP contribution in [0.25, 0.3) is 0 Å². The van der Waals surface area contributed by atoms with Gasteiger partial charge in [-0.15, -0.1) is 0 Å². The van der Waals surface area contributed by atoms with Gasteiger partial charge in [0.25, 0.3) is 0 Å². The molecule has 0 saturated heterocycles. The highest BCUT2D eigenvalue weighted by atomic mass is 79.9. The van der Waals surface area contributed by atoms with Crippen LogP contribution in [0.2, 0.25) is 0 Å². The van der Waals surface area contributed by atoms with Crippen molar-refractivity contribution < 1.29 is 4.39 Å². The number of benzene rings is 2. The van der Waals surface area contributed by atoms with E-state index < -0.39 is 0 Å². The predicted octanol–water partition coefficient (Wildman–Crippen LogP) is 5.76. The Morgan fingerprint density at radius 3 is 2.48 bits per heavy atom. The van der Waals surface area contributed by atoms with E-state index in [4.69, 9.17) is 0 Å². The van der Waals surface area contributed by atoms with Crippen LogP contribution in [-0.4, -0.2) is 6.04 Å². The Morgan fingerprint density at radius 2 is 1.81 bits per heavy atom. The van der Waals surface area contributed by atoms with Crippen molar-refractivity contribution in [1.82, 2.24) is 0 Å². The summed E-state index contributed by atoms with van der Waals surface area (Å²) in [6.45, 7) is 6.60. The minimum absolute atomic E-state index is 0.0630. The van der Waals surface area contributed by atoms with Gasteiger partial charge in [0.2, 0.25) is 0 Å². The zero-order valence-electron chi connectivity index (χ0n) is 12.7. The number of hydrogen-bond donors (Lipinski definition) is 1. The van der Waals surface area contributed by atoms with Gasteiger partial charge in [0.1, 0.15) is 5.82 Å². The van der Waals surface area contributed by atoms with Crippen LogP contribution in [0.1, 0.15) is 32.8 Å². The average molecular weight is 350 g/mol. The molecule has 112 valence electrons. The molecule has 0 fully saturated rings. The Bertz CT molecular complexity index is 595. The lowest BCUT2D eigenvalue weighted by Gasteiger charge is -2.30. The molecule has 0 radical (unpaired) electrons. The van der Waals surface area contributed by atoms with Crippen molar-refractivity contribution in [3.63, 3.8) is 0 Å². The van der Waals surface area contributed by atoms with E-state index in [1.54, 1.807) is 6.07 Å². The summed E-state index contributed by atoms with van der Waals surface area (Å²) in [7, 11) is 0. The van der Waals surface area contributed by atoms with Gasteiger partial charge in [0.15, 0.2) is 0 Å². The van der Waals surface area contributed by atoms with Gasteiger partial charge in [0.05, 0.1) is 5.69 Å². The molecular weight excluding hydrogens is 329 g/mol. The van der Waals surface area contributed by atoms with E-state index in [0.29, 0.717) is 0 Å². The van der Waals surface area contributed by atoms with Gasteiger partial charge in [0, 0.05) is 10.5 Å². The van der Waals surface area contributed by atoms with Crippen LogP contribution in [0, 0.1) is 5.82 Å². The SMILES string of the molecule is CC(CC(C)(C)c1ccccc1)Nc1cc(F)ccc1Br. The first kappa shape index (κ1) is 16.0. The van der Waals surface area contributed by atoms with Crippen molar-refractivity contribution in [3.8, 4) is 0 Å². The maximum atomic E-state index is 13.3. The lowest BCUT2D eigenvalue weighted by molar-refractivity contribution is 0.450. The van der Waals surface area contributed by atoms with Crippen molar-refractivity contribution in [3.05, 3.63) is 64.4 Å². The maximum absolute atomic E-state index is 13.3. The second-order valence-corrected chi connectivity index (χ2v) is 6.98. The summed E-state index contributed by atoms with van der Waals surface area (Å²) in [6.07, 6.45) is 0.958. The Kier molecular flexibility index (Phi) is 5.04. The van der Waals surface area contributed by atoms with E-state index in [-0.39, 0.29) is 17.3 Å². The molecule has 2 aromatic rings. The number of rotatable bonds is 5. The standard InChI is InChI=1S/C18H21BrFN/c1-13(21-17-11-15(20)9-10-16(17)19)12-18(2,3)14-7-5-4-6-8-14/h4-11,13,21H,12H2,1-3H3. The first-order valence-corrected chi connectivity index (χ1v) is 7.95. The Morgan fingerprint density at radius 1 is 1.14 bits per heavy atom. The van der Waals surface area contributed by atoms with Gasteiger partial charge in [-0.3, -0.25) is 0 Å². The number of anilines is 1. The van der Waals surface area contributed by atoms with Crippen molar-refractivity contribution in [2.75, 3.05) is 5.32 Å². The highest BCUT2D eigenvalue weighted by Crippen LogP contribution is 2.30. The van der Waals surface area contributed by atoms with Crippen molar-refractivity contribution in [2.45, 2.75) is 38.6 Å². The van der Waals surface area contributed by atoms with Gasteiger partial charge < -0.3 is 5.32 Å². The van der Waals surface area contributed by atoms with Crippen molar-refractivity contribution in [2.24, 2.45) is 0 Å². The lowest BCUT2D eigenvalue weighted by atomic mass is 9.79. The minimum Gasteiger partial charge on any atom is -0.382 e. The van der Waals surface area contributed by atoms with Crippen molar-refractivity contribution in [1.29, 1.82) is 0 Å². The molecule has 3 heteroatoms. The quantitative estimate of drug-likeness (QED) is 0.723. The van der Waals surface area contributed by atoms with Gasteiger partial charge >= 0.3 is 0 Å². The van der Waals surface area contributed by atoms with E-state index in [9.17, 15) is 4.39 Å². The predicted molar refractivity (Wildman–Crippen MR) is 91.3 cm³/mol. The molecule has 1 atom stereocenters. The van der Waals surface area contributed by atoms with E-state index in [0.717, 1.165) is 16.6 Å². The average Bonchev–Trinajstić information content (AvgIpc) is 2.43. The van der Waals surface area contributed by atoms with Crippen LogP contribution in [0.3, 0.4) is 0 Å². The Balaban J connectivity index is 2.07. The molecule has 0 saturated carbocycles. The Labute approximate surface area is 134 Å². The van der Waals surface area contributed by atoms with E-state index in [1.807, 2.05) is 6.07 Å². The zero-order chi connectivity index (χ0) is 15.5. The molecule has 1 unspecified atom stereocenters. The molecule has 0 aromatic heterocycles. The fraction of sp³-hybridized carbons (Fsp3) is 0.333. The van der Waals surface area contributed by atoms with Gasteiger partial charge in [-0.25, -0.2) is 4.39 Å². The smallest absolute Gasteiger partial charge is 0.125 e. The molecule has 0 amide bonds. The van der Waals surface area contributed by atoms with Crippen LogP contribution in [-0.2, 0) is 5.41 Å². The first-order chi connectivity index (χ1) is 9.88. The molecule has 0 aliphatic heterocycles. The van der Waals surface area contributed by atoms with Gasteiger partial charge in [-0.1, -0.05) is 44.2 Å². The molecule has 0 spiro atoms. The van der Waals surface area contributed by atoms with E-state index in [2.05, 4.69) is 66.3 Å².